The first kappa shape index (κ1) is 11.8. The first-order valence-electron chi connectivity index (χ1n) is 3.30. The van der Waals surface area contributed by atoms with Gasteiger partial charge in [-0.25, -0.2) is 0 Å². The number of hydrogen-bond donors (Lipinski definition) is 0. The fourth-order valence-corrected chi connectivity index (χ4v) is 0.740. The maximum Gasteiger partial charge on any atom is 0.249 e. The first-order chi connectivity index (χ1) is 5.24. The van der Waals surface area contributed by atoms with Gasteiger partial charge in [0.25, 0.3) is 0 Å². The minimum atomic E-state index is -0.343. The van der Waals surface area contributed by atoms with Crippen LogP contribution in [0.1, 0.15) is 15.9 Å². The maximum atomic E-state index is 10.9. The van der Waals surface area contributed by atoms with Crippen LogP contribution in [0.3, 0.4) is 0 Å². The number of ether oxygens (including phenoxy) is 1. The minimum absolute atomic E-state index is 0. The van der Waals surface area contributed by atoms with Crippen molar-refractivity contribution in [1.82, 2.24) is 0 Å². The Kier molecular flexibility index (Phi) is 5.35. The van der Waals surface area contributed by atoms with Crippen LogP contribution in [0, 0.1) is 13.0 Å². The van der Waals surface area contributed by atoms with E-state index in [4.69, 9.17) is 0 Å². The number of rotatable bonds is 1. The van der Waals surface area contributed by atoms with E-state index in [1.54, 1.807) is 12.1 Å². The fourth-order valence-electron chi connectivity index (χ4n) is 0.740. The Hall–Kier alpha value is -0.206. The summed E-state index contributed by atoms with van der Waals surface area (Å²) in [5.41, 5.74) is 1.55. The molecule has 0 atom stereocenters. The van der Waals surface area contributed by atoms with Crippen LogP contribution in [-0.4, -0.2) is 13.1 Å². The summed E-state index contributed by atoms with van der Waals surface area (Å²) < 4.78 is 4.51. The van der Waals surface area contributed by atoms with Gasteiger partial charge in [0.1, 0.15) is 0 Å². The summed E-state index contributed by atoms with van der Waals surface area (Å²) in [5, 5.41) is 0. The normalized spacial score (nSPS) is 8.50. The second-order valence-electron chi connectivity index (χ2n) is 2.27. The van der Waals surface area contributed by atoms with Crippen molar-refractivity contribution >= 4 is 5.97 Å². The van der Waals surface area contributed by atoms with E-state index in [-0.39, 0.29) is 38.7 Å². The summed E-state index contributed by atoms with van der Waals surface area (Å²) in [6.45, 7) is 1.94. The molecule has 0 unspecified atom stereocenters. The van der Waals surface area contributed by atoms with Gasteiger partial charge >= 0.3 is 0 Å². The van der Waals surface area contributed by atoms with Crippen molar-refractivity contribution in [3.05, 3.63) is 35.4 Å². The van der Waals surface area contributed by atoms with Crippen LogP contribution < -0.4 is 0 Å². The molecule has 1 aromatic carbocycles. The monoisotopic (exact) mass is 238 g/mol. The third-order valence-electron chi connectivity index (χ3n) is 1.37. The average molecular weight is 238 g/mol. The molecule has 1 aromatic rings. The Morgan fingerprint density at radius 2 is 2.17 bits per heavy atom. The number of aryl methyl sites for hydroxylation is 1. The van der Waals surface area contributed by atoms with Crippen LogP contribution in [-0.2, 0) is 37.4 Å². The molecular formula is C9H9O2Y-. The van der Waals surface area contributed by atoms with Gasteiger partial charge < -0.3 is 9.53 Å². The summed E-state index contributed by atoms with van der Waals surface area (Å²) in [7, 11) is 1.36. The summed E-state index contributed by atoms with van der Waals surface area (Å²) in [5.74, 6) is -0.343. The Bertz CT molecular complexity index is 254. The smallest absolute Gasteiger partial charge is 0.249 e. The van der Waals surface area contributed by atoms with Gasteiger partial charge in [-0.3, -0.25) is 0 Å². The molecule has 1 rings (SSSR count). The van der Waals surface area contributed by atoms with Crippen LogP contribution >= 0.6 is 0 Å². The molecule has 0 aliphatic heterocycles. The number of hydrogen-bond acceptors (Lipinski definition) is 2. The van der Waals surface area contributed by atoms with Gasteiger partial charge in [-0.15, -0.1) is 29.8 Å². The Morgan fingerprint density at radius 1 is 1.50 bits per heavy atom. The topological polar surface area (TPSA) is 26.3 Å². The standard InChI is InChI=1S/C9H9O2.Y/c1-7-3-5-8(6-4-7)9(10)11-2;/h3-5H,1-2H3;/q-1;. The molecule has 61 valence electrons. The molecule has 0 saturated heterocycles. The summed E-state index contributed by atoms with van der Waals surface area (Å²) in [4.78, 5) is 10.9. The maximum absolute atomic E-state index is 10.9. The zero-order valence-electron chi connectivity index (χ0n) is 7.13. The number of methoxy groups -OCH3 is 1. The molecule has 0 aliphatic carbocycles. The van der Waals surface area contributed by atoms with Crippen molar-refractivity contribution in [1.29, 1.82) is 0 Å². The van der Waals surface area contributed by atoms with E-state index in [1.807, 2.05) is 13.0 Å². The molecule has 0 heterocycles. The molecule has 1 radical (unpaired) electrons. The van der Waals surface area contributed by atoms with Crippen LogP contribution in [0.5, 0.6) is 0 Å². The van der Waals surface area contributed by atoms with Crippen molar-refractivity contribution in [3.8, 4) is 0 Å². The quantitative estimate of drug-likeness (QED) is 0.548. The van der Waals surface area contributed by atoms with Crippen LogP contribution in [0.4, 0.5) is 0 Å². The van der Waals surface area contributed by atoms with E-state index < -0.39 is 0 Å². The van der Waals surface area contributed by atoms with Gasteiger partial charge in [0.15, 0.2) is 0 Å². The fraction of sp³-hybridized carbons (Fsp3) is 0.222. The Morgan fingerprint density at radius 3 is 2.58 bits per heavy atom. The van der Waals surface area contributed by atoms with Crippen LogP contribution in [0.2, 0.25) is 0 Å². The molecule has 0 spiro atoms. The van der Waals surface area contributed by atoms with Crippen molar-refractivity contribution < 1.29 is 42.2 Å². The molecule has 0 N–H and O–H groups in total. The van der Waals surface area contributed by atoms with Gasteiger partial charge in [-0.2, -0.15) is 0 Å². The number of carbonyl (C=O) groups is 1. The second kappa shape index (κ2) is 5.44. The predicted octanol–water partition coefficient (Wildman–Crippen LogP) is 1.58. The van der Waals surface area contributed by atoms with E-state index in [0.29, 0.717) is 5.56 Å². The molecular weight excluding hydrogens is 229 g/mol. The van der Waals surface area contributed by atoms with E-state index >= 15 is 0 Å². The van der Waals surface area contributed by atoms with E-state index in [0.717, 1.165) is 5.56 Å². The summed E-state index contributed by atoms with van der Waals surface area (Å²) in [6.07, 6.45) is 0. The summed E-state index contributed by atoms with van der Waals surface area (Å²) >= 11 is 0. The number of benzene rings is 1. The van der Waals surface area contributed by atoms with E-state index in [1.165, 1.54) is 7.11 Å². The van der Waals surface area contributed by atoms with Crippen LogP contribution in [0.15, 0.2) is 18.2 Å². The molecule has 3 heteroatoms. The molecule has 12 heavy (non-hydrogen) atoms. The Labute approximate surface area is 97.2 Å². The number of esters is 1. The van der Waals surface area contributed by atoms with Crippen molar-refractivity contribution in [2.24, 2.45) is 0 Å². The predicted molar refractivity (Wildman–Crippen MR) is 41.4 cm³/mol. The largest absolute Gasteiger partial charge is 0.509 e. The number of carbonyl (C=O) groups excluding carboxylic acids is 1. The zero-order chi connectivity index (χ0) is 8.27. The third-order valence-corrected chi connectivity index (χ3v) is 1.37. The molecule has 0 aliphatic rings. The molecule has 0 aromatic heterocycles. The van der Waals surface area contributed by atoms with Gasteiger partial charge in [0.2, 0.25) is 5.97 Å². The van der Waals surface area contributed by atoms with Crippen LogP contribution in [0.25, 0.3) is 0 Å². The van der Waals surface area contributed by atoms with Crippen molar-refractivity contribution in [2.75, 3.05) is 7.11 Å². The average Bonchev–Trinajstić information content (AvgIpc) is 2.05. The van der Waals surface area contributed by atoms with E-state index in [9.17, 15) is 4.79 Å². The van der Waals surface area contributed by atoms with E-state index in [2.05, 4.69) is 10.8 Å². The van der Waals surface area contributed by atoms with Crippen molar-refractivity contribution in [2.45, 2.75) is 6.92 Å². The van der Waals surface area contributed by atoms with Gasteiger partial charge in [-0.1, -0.05) is 12.5 Å². The van der Waals surface area contributed by atoms with Gasteiger partial charge in [-0.05, 0) is 0 Å². The third kappa shape index (κ3) is 3.04. The SMILES string of the molecule is COC(=O)c1[c-]cc(C)cc1.[Y]. The van der Waals surface area contributed by atoms with Crippen molar-refractivity contribution in [3.63, 3.8) is 0 Å². The van der Waals surface area contributed by atoms with Gasteiger partial charge in [0.05, 0.1) is 7.11 Å². The first-order valence-corrected chi connectivity index (χ1v) is 3.30. The van der Waals surface area contributed by atoms with Gasteiger partial charge in [0, 0.05) is 32.7 Å². The molecule has 0 fully saturated rings. The minimum Gasteiger partial charge on any atom is -0.509 e. The molecule has 0 amide bonds. The second-order valence-corrected chi connectivity index (χ2v) is 2.27. The Balaban J connectivity index is 0.00000121. The molecule has 2 nitrogen and oxygen atoms in total. The zero-order valence-corrected chi connectivity index (χ0v) is 9.96. The molecule has 0 bridgehead atoms. The molecule has 0 saturated carbocycles. The summed E-state index contributed by atoms with van der Waals surface area (Å²) in [6, 6.07) is 8.11.